The van der Waals surface area contributed by atoms with Gasteiger partial charge in [0.1, 0.15) is 27.9 Å². The predicted molar refractivity (Wildman–Crippen MR) is 635 cm³/mol. The molecular formula is C132H87Br5N8O3. The molecule has 0 unspecified atom stereocenters. The maximum Gasteiger partial charge on any atom is 0.159 e. The molecule has 0 N–H and O–H groups in total. The molecule has 0 spiro atoms. The fourth-order valence-electron chi connectivity index (χ4n) is 19.7. The van der Waals surface area contributed by atoms with Crippen LogP contribution in [-0.2, 0) is 0 Å². The van der Waals surface area contributed by atoms with Crippen molar-refractivity contribution >= 4 is 285 Å². The van der Waals surface area contributed by atoms with Crippen LogP contribution in [0.15, 0.2) is 564 Å². The second-order valence-electron chi connectivity index (χ2n) is 35.5. The Labute approximate surface area is 897 Å². The third-order valence-corrected chi connectivity index (χ3v) is 28.9. The van der Waals surface area contributed by atoms with Crippen LogP contribution in [0.3, 0.4) is 0 Å². The number of hydrogen-bond donors (Lipinski definition) is 0. The number of aromatic nitrogens is 2. The van der Waals surface area contributed by atoms with E-state index in [1.807, 2.05) is 152 Å². The van der Waals surface area contributed by atoms with Gasteiger partial charge in [-0.2, -0.15) is 5.26 Å². The SMILES string of the molecule is Brc1cc(N(c2ccccc2)c2ccccc2)cc2ccccc12.Brc1cccc(N(c2ccc3c(c2)c2ccccc2n3-c2ccccc2)c2cccc3ccccc23)c1.Brc1cccc(N(c2ccccc2)c2cccc3c2oc2ccccc23)c1.Brc1cccc(N(c2ccccc2)c2cncc3ccccc23)c1.N#Cc1cc(Br)cc(N(c2ccc3c(c2)oc2ccccc23)c2ccc3c(c2)oc2ccccc23)c1. The van der Waals surface area contributed by atoms with Gasteiger partial charge in [0.25, 0.3) is 0 Å². The van der Waals surface area contributed by atoms with E-state index in [4.69, 9.17) is 13.3 Å². The first-order valence-electron chi connectivity index (χ1n) is 48.4. The zero-order valence-corrected chi connectivity index (χ0v) is 87.4. The summed E-state index contributed by atoms with van der Waals surface area (Å²) in [5, 5.41) is 25.9. The van der Waals surface area contributed by atoms with Gasteiger partial charge in [-0.3, -0.25) is 4.98 Å². The third-order valence-electron chi connectivity index (χ3n) is 26.3. The van der Waals surface area contributed by atoms with Crippen molar-refractivity contribution in [2.24, 2.45) is 0 Å². The highest BCUT2D eigenvalue weighted by Gasteiger charge is 2.26. The molecule has 0 bridgehead atoms. The predicted octanol–water partition coefficient (Wildman–Crippen LogP) is 41.1. The summed E-state index contributed by atoms with van der Waals surface area (Å²) in [5.74, 6) is 0. The standard InChI is InChI=1S/C34H23BrN2.C31H17BrN2O2.C24H16BrNO.C22H16BrN.C21H15BrN2/c35-25-12-9-15-27(22-25)36(32-19-8-11-24-10-4-5-16-29(24)32)28-20-21-34-31(23-28)30-17-6-7-18-33(30)37(34)26-13-2-1-3-14-26;32-20-13-19(18-33)14-23(15-20)34(21-9-11-26-24-5-1-3-7-28(24)35-30(26)16-21)22-10-12-27-25-6-2-4-8-29(25)36-31(27)17-22;25-17-8-6-11-19(16-17)26(18-9-2-1-3-10-18)22-14-7-13-21-20-12-4-5-15-23(20)27-24(21)22;23-22-16-20(15-17-9-7-8-14-21(17)22)24(18-10-3-1-4-11-18)19-12-5-2-6-13-19;22-17-8-6-11-19(13-17)24(18-9-2-1-3-10-18)21-15-23-14-16-7-4-5-12-20(16)21/h1-23H;1-17H;1-16H;1-16H;1-15H. The van der Waals surface area contributed by atoms with Crippen molar-refractivity contribution in [1.82, 2.24) is 9.55 Å². The highest BCUT2D eigenvalue weighted by atomic mass is 79.9. The van der Waals surface area contributed by atoms with Crippen LogP contribution >= 0.6 is 79.6 Å². The number of furan rings is 3. The molecule has 0 aliphatic carbocycles. The number of para-hydroxylation sites is 10. The minimum Gasteiger partial charge on any atom is -0.456 e. The van der Waals surface area contributed by atoms with Gasteiger partial charge in [-0.05, 0) is 241 Å². The van der Waals surface area contributed by atoms with Crippen LogP contribution < -0.4 is 24.5 Å². The molecular weight excluding hydrogens is 2150 g/mol. The van der Waals surface area contributed by atoms with Gasteiger partial charge in [0.15, 0.2) is 5.58 Å². The van der Waals surface area contributed by atoms with Gasteiger partial charge >= 0.3 is 0 Å². The Morgan fingerprint density at radius 2 is 0.574 bits per heavy atom. The maximum atomic E-state index is 9.63. The summed E-state index contributed by atoms with van der Waals surface area (Å²) in [4.78, 5) is 15.7. The van der Waals surface area contributed by atoms with Gasteiger partial charge in [0.2, 0.25) is 0 Å². The first-order valence-corrected chi connectivity index (χ1v) is 52.4. The van der Waals surface area contributed by atoms with Crippen LogP contribution in [0.4, 0.5) is 85.3 Å². The maximum absolute atomic E-state index is 9.63. The van der Waals surface area contributed by atoms with E-state index in [0.717, 1.165) is 179 Å². The van der Waals surface area contributed by atoms with Crippen molar-refractivity contribution in [3.8, 4) is 11.8 Å². The van der Waals surface area contributed by atoms with Crippen LogP contribution in [0, 0.1) is 11.3 Å². The van der Waals surface area contributed by atoms with Gasteiger partial charge in [0, 0.05) is 174 Å². The van der Waals surface area contributed by atoms with Crippen LogP contribution in [0.2, 0.25) is 0 Å². The third kappa shape index (κ3) is 19.5. The van der Waals surface area contributed by atoms with Gasteiger partial charge in [-0.15, -0.1) is 0 Å². The molecule has 0 aliphatic rings. The molecule has 11 nitrogen and oxygen atoms in total. The lowest BCUT2D eigenvalue weighted by molar-refractivity contribution is 0.668. The zero-order valence-electron chi connectivity index (χ0n) is 79.4. The molecule has 0 amide bonds. The minimum atomic E-state index is 0.569. The number of hydrogen-bond acceptors (Lipinski definition) is 10. The number of halogens is 5. The largest absolute Gasteiger partial charge is 0.456 e. The molecule has 27 rings (SSSR count). The Balaban J connectivity index is 0.000000103. The smallest absolute Gasteiger partial charge is 0.159 e. The second-order valence-corrected chi connectivity index (χ2v) is 40.0. The molecule has 27 aromatic rings. The summed E-state index contributed by atoms with van der Waals surface area (Å²) in [6.07, 6.45) is 3.83. The van der Waals surface area contributed by atoms with Crippen LogP contribution in [-0.4, -0.2) is 9.55 Å². The molecule has 0 radical (unpaired) electrons. The van der Waals surface area contributed by atoms with Crippen molar-refractivity contribution in [1.29, 1.82) is 5.26 Å². The van der Waals surface area contributed by atoms with E-state index in [-0.39, 0.29) is 0 Å². The Morgan fingerprint density at radius 1 is 0.209 bits per heavy atom. The molecule has 5 aromatic heterocycles. The quantitative estimate of drug-likeness (QED) is 0.0930. The van der Waals surface area contributed by atoms with Crippen molar-refractivity contribution in [3.05, 3.63) is 556 Å². The topological polar surface area (TPSA) is 97.2 Å². The lowest BCUT2D eigenvalue weighted by Gasteiger charge is -2.27. The number of rotatable bonds is 16. The zero-order chi connectivity index (χ0) is 99.9. The number of nitrogens with zero attached hydrogens (tertiary/aromatic N) is 8. The Kier molecular flexibility index (Phi) is 27.2. The van der Waals surface area contributed by atoms with Crippen LogP contribution in [0.25, 0.3) is 126 Å². The average Bonchev–Trinajstić information content (AvgIpc) is 1.63. The lowest BCUT2D eigenvalue weighted by Crippen LogP contribution is -2.10. The van der Waals surface area contributed by atoms with Gasteiger partial charge in [-0.1, -0.05) is 359 Å². The molecule has 5 heterocycles. The molecule has 0 saturated heterocycles. The summed E-state index contributed by atoms with van der Waals surface area (Å²) in [7, 11) is 0. The second kappa shape index (κ2) is 42.6. The van der Waals surface area contributed by atoms with E-state index < -0.39 is 0 Å². The van der Waals surface area contributed by atoms with E-state index in [9.17, 15) is 5.26 Å². The number of pyridine rings is 1. The summed E-state index contributed by atoms with van der Waals surface area (Å²) in [5.41, 5.74) is 25.2. The molecule has 0 atom stereocenters. The Hall–Kier alpha value is -17.1. The average molecular weight is 2230 g/mol. The summed E-state index contributed by atoms with van der Waals surface area (Å²) >= 11 is 18.2. The summed E-state index contributed by atoms with van der Waals surface area (Å²) < 4.78 is 26.1. The van der Waals surface area contributed by atoms with Gasteiger partial charge in [-0.25, -0.2) is 0 Å². The molecule has 0 aliphatic heterocycles. The fraction of sp³-hybridized carbons (Fsp3) is 0. The van der Waals surface area contributed by atoms with Crippen LogP contribution in [0.5, 0.6) is 0 Å². The normalized spacial score (nSPS) is 11.1. The van der Waals surface area contributed by atoms with Crippen LogP contribution in [0.1, 0.15) is 5.56 Å². The van der Waals surface area contributed by atoms with E-state index >= 15 is 0 Å². The molecule has 0 fully saturated rings. The Bertz CT molecular complexity index is 9430. The van der Waals surface area contributed by atoms with Crippen molar-refractivity contribution < 1.29 is 13.3 Å². The van der Waals surface area contributed by atoms with E-state index in [1.165, 1.54) is 54.4 Å². The van der Waals surface area contributed by atoms with Crippen molar-refractivity contribution in [3.63, 3.8) is 0 Å². The highest BCUT2D eigenvalue weighted by molar-refractivity contribution is 9.11. The highest BCUT2D eigenvalue weighted by Crippen LogP contribution is 2.49. The summed E-state index contributed by atoms with van der Waals surface area (Å²) in [6, 6.07) is 180. The molecule has 708 valence electrons. The number of benzene rings is 22. The van der Waals surface area contributed by atoms with Crippen molar-refractivity contribution in [2.75, 3.05) is 24.5 Å². The molecule has 0 saturated carbocycles. The molecule has 22 aromatic carbocycles. The first kappa shape index (κ1) is 94.4. The minimum absolute atomic E-state index is 0.569. The van der Waals surface area contributed by atoms with E-state index in [1.54, 1.807) is 0 Å². The van der Waals surface area contributed by atoms with E-state index in [2.05, 4.69) is 496 Å². The van der Waals surface area contributed by atoms with Crippen molar-refractivity contribution in [2.45, 2.75) is 0 Å². The first-order chi connectivity index (χ1) is 72.9. The molecule has 148 heavy (non-hydrogen) atoms. The number of anilines is 15. The van der Waals surface area contributed by atoms with Gasteiger partial charge < -0.3 is 42.3 Å². The van der Waals surface area contributed by atoms with Gasteiger partial charge in [0.05, 0.1) is 45.9 Å². The number of fused-ring (bicyclic) bond motifs is 15. The Morgan fingerprint density at radius 3 is 1.13 bits per heavy atom. The fourth-order valence-corrected chi connectivity index (χ4v) is 22.0. The summed E-state index contributed by atoms with van der Waals surface area (Å²) in [6.45, 7) is 0. The van der Waals surface area contributed by atoms with E-state index in [0.29, 0.717) is 5.56 Å². The lowest BCUT2D eigenvalue weighted by atomic mass is 10.1. The molecule has 16 heteroatoms. The monoisotopic (exact) mass is 2230 g/mol. The number of nitriles is 1.